The van der Waals surface area contributed by atoms with E-state index in [4.69, 9.17) is 23.7 Å². The second-order valence-corrected chi connectivity index (χ2v) is 9.76. The van der Waals surface area contributed by atoms with Gasteiger partial charge in [0.05, 0.1) is 35.5 Å². The van der Waals surface area contributed by atoms with E-state index in [9.17, 15) is 9.59 Å². The molecule has 0 aliphatic carbocycles. The first-order valence-electron chi connectivity index (χ1n) is 12.2. The zero-order valence-electron chi connectivity index (χ0n) is 22.6. The van der Waals surface area contributed by atoms with E-state index in [2.05, 4.69) is 5.32 Å². The summed E-state index contributed by atoms with van der Waals surface area (Å²) in [4.78, 5) is 29.2. The Hall–Kier alpha value is -4.05. The number of carbonyl (C=O) groups excluding carboxylic acids is 2. The molecule has 1 saturated heterocycles. The van der Waals surface area contributed by atoms with E-state index in [0.29, 0.717) is 46.6 Å². The fraction of sp³-hybridized carbons (Fsp3) is 0.310. The van der Waals surface area contributed by atoms with Gasteiger partial charge in [0.25, 0.3) is 5.91 Å². The van der Waals surface area contributed by atoms with Crippen molar-refractivity contribution >= 4 is 23.6 Å². The Kier molecular flexibility index (Phi) is 9.08. The molecule has 1 N–H and O–H groups in total. The predicted octanol–water partition coefficient (Wildman–Crippen LogP) is 4.30. The lowest BCUT2D eigenvalue weighted by Gasteiger charge is -2.30. The Balaban J connectivity index is 1.72. The Labute approximate surface area is 232 Å². The molecule has 3 aromatic rings. The van der Waals surface area contributed by atoms with Crippen LogP contribution < -0.4 is 29.0 Å². The van der Waals surface area contributed by atoms with Crippen LogP contribution in [0.15, 0.2) is 60.7 Å². The minimum absolute atomic E-state index is 0.241. The molecule has 0 spiro atoms. The average molecular weight is 553 g/mol. The van der Waals surface area contributed by atoms with E-state index in [1.807, 2.05) is 42.5 Å². The molecule has 0 saturated carbocycles. The third kappa shape index (κ3) is 5.85. The van der Waals surface area contributed by atoms with Gasteiger partial charge in [-0.25, -0.2) is 0 Å². The van der Waals surface area contributed by atoms with Crippen molar-refractivity contribution < 1.29 is 33.3 Å². The highest BCUT2D eigenvalue weighted by Gasteiger charge is 2.43. The summed E-state index contributed by atoms with van der Waals surface area (Å²) in [7, 11) is 7.60. The number of amides is 2. The van der Waals surface area contributed by atoms with Crippen LogP contribution in [0.1, 0.15) is 26.9 Å². The molecular weight excluding hydrogens is 520 g/mol. The molecule has 1 aliphatic heterocycles. The molecule has 9 nitrogen and oxygen atoms in total. The van der Waals surface area contributed by atoms with E-state index in [0.717, 1.165) is 11.1 Å². The molecule has 1 aliphatic rings. The molecule has 10 heteroatoms. The molecule has 0 bridgehead atoms. The van der Waals surface area contributed by atoms with Gasteiger partial charge in [-0.3, -0.25) is 9.59 Å². The zero-order valence-corrected chi connectivity index (χ0v) is 23.4. The molecule has 2 unspecified atom stereocenters. The van der Waals surface area contributed by atoms with E-state index >= 15 is 0 Å². The second kappa shape index (κ2) is 12.7. The normalized spacial score (nSPS) is 16.4. The monoisotopic (exact) mass is 552 g/mol. The minimum atomic E-state index is -0.719. The van der Waals surface area contributed by atoms with Crippen molar-refractivity contribution in [2.45, 2.75) is 18.0 Å². The van der Waals surface area contributed by atoms with E-state index in [1.165, 1.54) is 33.1 Å². The number of nitrogens with one attached hydrogen (secondary N) is 1. The summed E-state index contributed by atoms with van der Waals surface area (Å²) in [6.45, 7) is 0.355. The van der Waals surface area contributed by atoms with E-state index in [1.54, 1.807) is 37.3 Å². The Morgan fingerprint density at radius 1 is 0.821 bits per heavy atom. The number of carbonyl (C=O) groups is 2. The molecule has 1 heterocycles. The highest BCUT2D eigenvalue weighted by atomic mass is 32.2. The lowest BCUT2D eigenvalue weighted by Crippen LogP contribution is -2.47. The number of hydrogen-bond acceptors (Lipinski definition) is 8. The van der Waals surface area contributed by atoms with Gasteiger partial charge in [0, 0.05) is 17.9 Å². The van der Waals surface area contributed by atoms with Crippen LogP contribution in [-0.4, -0.2) is 64.1 Å². The SMILES string of the molecule is COc1ccc(C2SCC(C(=O)NCc3ccccc3)N2C(=O)c2cc(OC)c(OC)c(OC)c2)cc1OC. The van der Waals surface area contributed by atoms with Gasteiger partial charge in [0.15, 0.2) is 23.0 Å². The second-order valence-electron chi connectivity index (χ2n) is 8.65. The van der Waals surface area contributed by atoms with Crippen LogP contribution >= 0.6 is 11.8 Å². The highest BCUT2D eigenvalue weighted by Crippen LogP contribution is 2.46. The Bertz CT molecular complexity index is 1290. The standard InChI is InChI=1S/C29H32N2O7S/c1-34-22-12-11-19(13-23(22)35-2)29-31(21(17-39-29)27(32)30-16-18-9-7-6-8-10-18)28(33)20-14-24(36-3)26(38-5)25(15-20)37-4/h6-15,21,29H,16-17H2,1-5H3,(H,30,32). The smallest absolute Gasteiger partial charge is 0.256 e. The third-order valence-electron chi connectivity index (χ3n) is 6.45. The first kappa shape index (κ1) is 28.0. The Morgan fingerprint density at radius 3 is 2.05 bits per heavy atom. The maximum absolute atomic E-state index is 14.2. The van der Waals surface area contributed by atoms with Crippen LogP contribution in [0.4, 0.5) is 0 Å². The molecule has 1 fully saturated rings. The van der Waals surface area contributed by atoms with Crippen molar-refractivity contribution in [3.05, 3.63) is 77.4 Å². The van der Waals surface area contributed by atoms with Crippen molar-refractivity contribution in [3.8, 4) is 28.7 Å². The van der Waals surface area contributed by atoms with Gasteiger partial charge >= 0.3 is 0 Å². The molecule has 4 rings (SSSR count). The van der Waals surface area contributed by atoms with Crippen LogP contribution in [0.25, 0.3) is 0 Å². The van der Waals surface area contributed by atoms with Gasteiger partial charge in [-0.15, -0.1) is 11.8 Å². The lowest BCUT2D eigenvalue weighted by molar-refractivity contribution is -0.125. The summed E-state index contributed by atoms with van der Waals surface area (Å²) >= 11 is 1.51. The molecular formula is C29H32N2O7S. The van der Waals surface area contributed by atoms with E-state index in [-0.39, 0.29) is 11.8 Å². The van der Waals surface area contributed by atoms with Gasteiger partial charge in [-0.05, 0) is 35.4 Å². The minimum Gasteiger partial charge on any atom is -0.493 e. The molecule has 2 atom stereocenters. The van der Waals surface area contributed by atoms with Gasteiger partial charge in [-0.2, -0.15) is 0 Å². The van der Waals surface area contributed by atoms with Crippen LogP contribution in [0.2, 0.25) is 0 Å². The number of ether oxygens (including phenoxy) is 5. The number of hydrogen-bond donors (Lipinski definition) is 1. The van der Waals surface area contributed by atoms with Gasteiger partial charge < -0.3 is 33.9 Å². The molecule has 3 aromatic carbocycles. The van der Waals surface area contributed by atoms with Crippen molar-refractivity contribution in [3.63, 3.8) is 0 Å². The summed E-state index contributed by atoms with van der Waals surface area (Å²) < 4.78 is 27.3. The third-order valence-corrected chi connectivity index (χ3v) is 7.77. The molecule has 206 valence electrons. The maximum Gasteiger partial charge on any atom is 0.256 e. The predicted molar refractivity (Wildman–Crippen MR) is 149 cm³/mol. The van der Waals surface area contributed by atoms with Crippen LogP contribution in [-0.2, 0) is 11.3 Å². The number of methoxy groups -OCH3 is 5. The molecule has 2 amide bonds. The number of rotatable bonds is 10. The Morgan fingerprint density at radius 2 is 1.46 bits per heavy atom. The van der Waals surface area contributed by atoms with Crippen LogP contribution in [0, 0.1) is 0 Å². The van der Waals surface area contributed by atoms with Gasteiger partial charge in [0.2, 0.25) is 11.7 Å². The van der Waals surface area contributed by atoms with E-state index < -0.39 is 11.4 Å². The first-order valence-corrected chi connectivity index (χ1v) is 13.3. The lowest BCUT2D eigenvalue weighted by atomic mass is 10.1. The molecule has 39 heavy (non-hydrogen) atoms. The zero-order chi connectivity index (χ0) is 27.9. The summed E-state index contributed by atoms with van der Waals surface area (Å²) in [6.07, 6.45) is 0. The first-order chi connectivity index (χ1) is 18.9. The van der Waals surface area contributed by atoms with Crippen molar-refractivity contribution in [2.24, 2.45) is 0 Å². The topological polar surface area (TPSA) is 95.6 Å². The largest absolute Gasteiger partial charge is 0.493 e. The average Bonchev–Trinajstić information content (AvgIpc) is 3.44. The van der Waals surface area contributed by atoms with Crippen LogP contribution in [0.5, 0.6) is 28.7 Å². The van der Waals surface area contributed by atoms with Gasteiger partial charge in [-0.1, -0.05) is 36.4 Å². The number of nitrogens with zero attached hydrogens (tertiary/aromatic N) is 1. The molecule has 0 radical (unpaired) electrons. The number of benzene rings is 3. The summed E-state index contributed by atoms with van der Waals surface area (Å²) in [5.74, 6) is 2.00. The summed E-state index contributed by atoms with van der Waals surface area (Å²) in [5.41, 5.74) is 2.07. The fourth-order valence-electron chi connectivity index (χ4n) is 4.48. The van der Waals surface area contributed by atoms with Crippen molar-refractivity contribution in [1.82, 2.24) is 10.2 Å². The quantitative estimate of drug-likeness (QED) is 0.398. The molecule has 0 aromatic heterocycles. The summed E-state index contributed by atoms with van der Waals surface area (Å²) in [6, 6.07) is 17.6. The maximum atomic E-state index is 14.2. The van der Waals surface area contributed by atoms with Crippen LogP contribution in [0.3, 0.4) is 0 Å². The summed E-state index contributed by atoms with van der Waals surface area (Å²) in [5, 5.41) is 2.54. The fourth-order valence-corrected chi connectivity index (χ4v) is 5.89. The van der Waals surface area contributed by atoms with Crippen molar-refractivity contribution in [2.75, 3.05) is 41.3 Å². The highest BCUT2D eigenvalue weighted by molar-refractivity contribution is 7.99. The number of thioether (sulfide) groups is 1. The van der Waals surface area contributed by atoms with Crippen molar-refractivity contribution in [1.29, 1.82) is 0 Å². The van der Waals surface area contributed by atoms with Gasteiger partial charge in [0.1, 0.15) is 11.4 Å².